The molecule has 0 spiro atoms. The van der Waals surface area contributed by atoms with Crippen LogP contribution in [0.25, 0.3) is 0 Å². The van der Waals surface area contributed by atoms with Crippen molar-refractivity contribution in [1.29, 1.82) is 0 Å². The van der Waals surface area contributed by atoms with E-state index in [4.69, 9.17) is 0 Å². The molecule has 0 saturated heterocycles. The van der Waals surface area contributed by atoms with Gasteiger partial charge in [-0.1, -0.05) is 28.9 Å². The zero-order valence-electron chi connectivity index (χ0n) is 10.9. The number of aromatic nitrogens is 2. The molecule has 18 heavy (non-hydrogen) atoms. The van der Waals surface area contributed by atoms with Crippen molar-refractivity contribution in [2.24, 2.45) is 7.05 Å². The van der Waals surface area contributed by atoms with Crippen LogP contribution in [0.15, 0.2) is 35.1 Å². The molecule has 0 aliphatic heterocycles. The minimum Gasteiger partial charge on any atom is -0.336 e. The van der Waals surface area contributed by atoms with E-state index < -0.39 is 0 Å². The average Bonchev–Trinajstić information content (AvgIpc) is 2.71. The van der Waals surface area contributed by atoms with Crippen LogP contribution in [-0.4, -0.2) is 16.1 Å². The van der Waals surface area contributed by atoms with E-state index in [1.807, 2.05) is 19.4 Å². The Hall–Kier alpha value is -1.13. The van der Waals surface area contributed by atoms with E-state index >= 15 is 0 Å². The van der Waals surface area contributed by atoms with Crippen molar-refractivity contribution in [1.82, 2.24) is 14.9 Å². The SMILES string of the molecule is CCNC(c1cc(C)cc(Br)c1)c1nccn1C. The summed E-state index contributed by atoms with van der Waals surface area (Å²) < 4.78 is 3.17. The standard InChI is InChI=1S/C14H18BrN3/c1-4-16-13(14-17-5-6-18(14)3)11-7-10(2)8-12(15)9-11/h5-9,13,16H,4H2,1-3H3. The molecule has 1 heterocycles. The van der Waals surface area contributed by atoms with Crippen molar-refractivity contribution in [2.75, 3.05) is 6.54 Å². The number of nitrogens with zero attached hydrogens (tertiary/aromatic N) is 2. The van der Waals surface area contributed by atoms with Crippen molar-refractivity contribution < 1.29 is 0 Å². The lowest BCUT2D eigenvalue weighted by atomic mass is 10.0. The maximum absolute atomic E-state index is 4.46. The molecule has 1 aromatic heterocycles. The molecule has 0 aliphatic carbocycles. The van der Waals surface area contributed by atoms with Crippen LogP contribution < -0.4 is 5.32 Å². The van der Waals surface area contributed by atoms with E-state index in [1.165, 1.54) is 11.1 Å². The second-order valence-electron chi connectivity index (χ2n) is 4.45. The Morgan fingerprint density at radius 3 is 2.72 bits per heavy atom. The van der Waals surface area contributed by atoms with Gasteiger partial charge in [0.1, 0.15) is 5.82 Å². The summed E-state index contributed by atoms with van der Waals surface area (Å²) >= 11 is 3.56. The number of hydrogen-bond acceptors (Lipinski definition) is 2. The lowest BCUT2D eigenvalue weighted by molar-refractivity contribution is 0.576. The fraction of sp³-hybridized carbons (Fsp3) is 0.357. The van der Waals surface area contributed by atoms with Crippen LogP contribution in [0.2, 0.25) is 0 Å². The largest absolute Gasteiger partial charge is 0.336 e. The summed E-state index contributed by atoms with van der Waals surface area (Å²) in [5, 5.41) is 3.49. The molecule has 1 aromatic carbocycles. The van der Waals surface area contributed by atoms with Gasteiger partial charge in [0.05, 0.1) is 6.04 Å². The van der Waals surface area contributed by atoms with Gasteiger partial charge in [-0.3, -0.25) is 0 Å². The van der Waals surface area contributed by atoms with Crippen LogP contribution in [0, 0.1) is 6.92 Å². The summed E-state index contributed by atoms with van der Waals surface area (Å²) in [6, 6.07) is 6.60. The van der Waals surface area contributed by atoms with Gasteiger partial charge in [-0.25, -0.2) is 4.98 Å². The molecular weight excluding hydrogens is 290 g/mol. The highest BCUT2D eigenvalue weighted by molar-refractivity contribution is 9.10. The van der Waals surface area contributed by atoms with E-state index in [2.05, 4.69) is 62.8 Å². The van der Waals surface area contributed by atoms with E-state index in [0.717, 1.165) is 16.8 Å². The molecule has 4 heteroatoms. The van der Waals surface area contributed by atoms with Crippen molar-refractivity contribution >= 4 is 15.9 Å². The monoisotopic (exact) mass is 307 g/mol. The highest BCUT2D eigenvalue weighted by atomic mass is 79.9. The van der Waals surface area contributed by atoms with Crippen molar-refractivity contribution in [3.8, 4) is 0 Å². The first-order chi connectivity index (χ1) is 8.61. The third kappa shape index (κ3) is 2.82. The fourth-order valence-corrected chi connectivity index (χ4v) is 2.77. The summed E-state index contributed by atoms with van der Waals surface area (Å²) in [4.78, 5) is 4.46. The highest BCUT2D eigenvalue weighted by Gasteiger charge is 2.17. The molecule has 0 bridgehead atoms. The number of halogens is 1. The number of aryl methyl sites for hydroxylation is 2. The minimum atomic E-state index is 0.131. The van der Waals surface area contributed by atoms with Gasteiger partial charge >= 0.3 is 0 Å². The van der Waals surface area contributed by atoms with Gasteiger partial charge in [0.15, 0.2) is 0 Å². The highest BCUT2D eigenvalue weighted by Crippen LogP contribution is 2.24. The third-order valence-corrected chi connectivity index (χ3v) is 3.38. The van der Waals surface area contributed by atoms with Gasteiger partial charge < -0.3 is 9.88 Å². The van der Waals surface area contributed by atoms with Gasteiger partial charge in [-0.05, 0) is 36.7 Å². The zero-order chi connectivity index (χ0) is 13.1. The number of rotatable bonds is 4. The molecule has 3 nitrogen and oxygen atoms in total. The maximum Gasteiger partial charge on any atom is 0.130 e. The molecule has 0 aliphatic rings. The zero-order valence-corrected chi connectivity index (χ0v) is 12.5. The second-order valence-corrected chi connectivity index (χ2v) is 5.36. The lowest BCUT2D eigenvalue weighted by Crippen LogP contribution is -2.24. The summed E-state index contributed by atoms with van der Waals surface area (Å²) in [6.07, 6.45) is 3.81. The Morgan fingerprint density at radius 1 is 1.39 bits per heavy atom. The molecular formula is C14H18BrN3. The normalized spacial score (nSPS) is 12.7. The average molecular weight is 308 g/mol. The van der Waals surface area contributed by atoms with Crippen molar-refractivity contribution in [3.05, 3.63) is 52.0 Å². The van der Waals surface area contributed by atoms with Gasteiger partial charge in [0.25, 0.3) is 0 Å². The summed E-state index contributed by atoms with van der Waals surface area (Å²) in [6.45, 7) is 5.12. The van der Waals surface area contributed by atoms with Crippen LogP contribution >= 0.6 is 15.9 Å². The first-order valence-corrected chi connectivity index (χ1v) is 6.88. The molecule has 0 saturated carbocycles. The van der Waals surface area contributed by atoms with Gasteiger partial charge in [-0.2, -0.15) is 0 Å². The van der Waals surface area contributed by atoms with Crippen LogP contribution in [0.1, 0.15) is 29.9 Å². The number of nitrogens with one attached hydrogen (secondary N) is 1. The number of benzene rings is 1. The van der Waals surface area contributed by atoms with Gasteiger partial charge in [0, 0.05) is 23.9 Å². The van der Waals surface area contributed by atoms with Crippen LogP contribution in [0.3, 0.4) is 0 Å². The summed E-state index contributed by atoms with van der Waals surface area (Å²) in [7, 11) is 2.03. The van der Waals surface area contributed by atoms with Gasteiger partial charge in [0.2, 0.25) is 0 Å². The summed E-state index contributed by atoms with van der Waals surface area (Å²) in [5.74, 6) is 1.04. The first kappa shape index (κ1) is 13.3. The molecule has 2 rings (SSSR count). The Morgan fingerprint density at radius 2 is 2.17 bits per heavy atom. The molecule has 1 N–H and O–H groups in total. The van der Waals surface area contributed by atoms with Crippen LogP contribution in [0.4, 0.5) is 0 Å². The molecule has 2 aromatic rings. The smallest absolute Gasteiger partial charge is 0.130 e. The summed E-state index contributed by atoms with van der Waals surface area (Å²) in [5.41, 5.74) is 2.48. The Kier molecular flexibility index (Phi) is 4.19. The maximum atomic E-state index is 4.46. The van der Waals surface area contributed by atoms with Crippen molar-refractivity contribution in [2.45, 2.75) is 19.9 Å². The van der Waals surface area contributed by atoms with E-state index in [-0.39, 0.29) is 6.04 Å². The van der Waals surface area contributed by atoms with Crippen LogP contribution in [0.5, 0.6) is 0 Å². The molecule has 0 radical (unpaired) electrons. The molecule has 96 valence electrons. The Labute approximate surface area is 116 Å². The molecule has 1 atom stereocenters. The molecule has 0 fully saturated rings. The first-order valence-electron chi connectivity index (χ1n) is 6.09. The minimum absolute atomic E-state index is 0.131. The molecule has 1 unspecified atom stereocenters. The van der Waals surface area contributed by atoms with Crippen molar-refractivity contribution in [3.63, 3.8) is 0 Å². The molecule has 0 amide bonds. The third-order valence-electron chi connectivity index (χ3n) is 2.92. The fourth-order valence-electron chi connectivity index (χ4n) is 2.15. The van der Waals surface area contributed by atoms with E-state index in [1.54, 1.807) is 0 Å². The predicted octanol–water partition coefficient (Wildman–Crippen LogP) is 3.19. The van der Waals surface area contributed by atoms with E-state index in [0.29, 0.717) is 0 Å². The Bertz CT molecular complexity index is 513. The number of hydrogen-bond donors (Lipinski definition) is 1. The Balaban J connectivity index is 2.44. The van der Waals surface area contributed by atoms with E-state index in [9.17, 15) is 0 Å². The quantitative estimate of drug-likeness (QED) is 0.940. The second kappa shape index (κ2) is 5.67. The number of imidazole rings is 1. The van der Waals surface area contributed by atoms with Gasteiger partial charge in [-0.15, -0.1) is 0 Å². The van der Waals surface area contributed by atoms with Crippen LogP contribution in [-0.2, 0) is 7.05 Å². The topological polar surface area (TPSA) is 29.9 Å². The lowest BCUT2D eigenvalue weighted by Gasteiger charge is -2.19. The predicted molar refractivity (Wildman–Crippen MR) is 77.6 cm³/mol.